The van der Waals surface area contributed by atoms with E-state index in [4.69, 9.17) is 5.73 Å². The van der Waals surface area contributed by atoms with Crippen LogP contribution in [-0.2, 0) is 4.79 Å². The number of rotatable bonds is 3. The number of aromatic amines is 1. The van der Waals surface area contributed by atoms with E-state index < -0.39 is 5.91 Å². The van der Waals surface area contributed by atoms with Gasteiger partial charge in [-0.2, -0.15) is 0 Å². The minimum Gasteiger partial charge on any atom is -0.364 e. The monoisotopic (exact) mass is 330 g/mol. The fourth-order valence-electron chi connectivity index (χ4n) is 3.76. The Morgan fingerprint density at radius 2 is 1.92 bits per heavy atom. The van der Waals surface area contributed by atoms with Gasteiger partial charge < -0.3 is 15.6 Å². The number of nitrogens with two attached hydrogens (primary N) is 1. The topological polar surface area (TPSA) is 92.1 Å². The van der Waals surface area contributed by atoms with Crippen LogP contribution in [0.3, 0.4) is 0 Å². The minimum absolute atomic E-state index is 0.148. The molecule has 6 nitrogen and oxygen atoms in total. The SMILES string of the molecule is CC1=C(C)CC(C(=O)N2CCC(c3ncc(C(N)=O)[nH]3)CC2)CC1. The molecule has 6 heteroatoms. The van der Waals surface area contributed by atoms with Crippen molar-refractivity contribution in [3.8, 4) is 0 Å². The smallest absolute Gasteiger partial charge is 0.266 e. The Kier molecular flexibility index (Phi) is 4.73. The van der Waals surface area contributed by atoms with Crippen LogP contribution in [0.2, 0.25) is 0 Å². The van der Waals surface area contributed by atoms with Crippen molar-refractivity contribution in [2.45, 2.75) is 51.9 Å². The molecule has 1 fully saturated rings. The van der Waals surface area contributed by atoms with Crippen LogP contribution in [0.25, 0.3) is 0 Å². The van der Waals surface area contributed by atoms with Gasteiger partial charge in [0, 0.05) is 24.9 Å². The quantitative estimate of drug-likeness (QED) is 0.833. The molecule has 1 aliphatic heterocycles. The molecular weight excluding hydrogens is 304 g/mol. The number of nitrogens with one attached hydrogen (secondary N) is 1. The van der Waals surface area contributed by atoms with E-state index in [2.05, 4.69) is 23.8 Å². The Labute approximate surface area is 142 Å². The average Bonchev–Trinajstić information content (AvgIpc) is 3.07. The summed E-state index contributed by atoms with van der Waals surface area (Å²) in [6.45, 7) is 5.84. The number of piperidine rings is 1. The van der Waals surface area contributed by atoms with Crippen LogP contribution in [-0.4, -0.2) is 39.8 Å². The Hall–Kier alpha value is -2.11. The van der Waals surface area contributed by atoms with Gasteiger partial charge in [-0.15, -0.1) is 0 Å². The molecule has 1 aliphatic carbocycles. The van der Waals surface area contributed by atoms with E-state index in [1.54, 1.807) is 0 Å². The van der Waals surface area contributed by atoms with Crippen LogP contribution in [0.15, 0.2) is 17.3 Å². The molecule has 1 saturated heterocycles. The summed E-state index contributed by atoms with van der Waals surface area (Å²) < 4.78 is 0. The zero-order chi connectivity index (χ0) is 17.3. The molecule has 130 valence electrons. The molecule has 1 unspecified atom stereocenters. The standard InChI is InChI=1S/C18H26N4O2/c1-11-3-4-14(9-12(11)2)18(24)22-7-5-13(6-8-22)17-20-10-15(21-17)16(19)23/h10,13-14H,3-9H2,1-2H3,(H2,19,23)(H,20,21). The summed E-state index contributed by atoms with van der Waals surface area (Å²) in [5.74, 6) is 1.03. The van der Waals surface area contributed by atoms with Crippen molar-refractivity contribution in [2.75, 3.05) is 13.1 Å². The normalized spacial score (nSPS) is 22.8. The number of hydrogen-bond donors (Lipinski definition) is 2. The zero-order valence-corrected chi connectivity index (χ0v) is 14.5. The van der Waals surface area contributed by atoms with Gasteiger partial charge >= 0.3 is 0 Å². The summed E-state index contributed by atoms with van der Waals surface area (Å²) in [5.41, 5.74) is 8.43. The van der Waals surface area contributed by atoms with E-state index in [0.717, 1.165) is 51.0 Å². The molecule has 3 N–H and O–H groups in total. The number of primary amides is 1. The van der Waals surface area contributed by atoms with Crippen LogP contribution in [0.1, 0.15) is 68.2 Å². The number of amides is 2. The summed E-state index contributed by atoms with van der Waals surface area (Å²) in [5, 5.41) is 0. The van der Waals surface area contributed by atoms with Gasteiger partial charge in [0.1, 0.15) is 11.5 Å². The molecule has 2 amide bonds. The highest BCUT2D eigenvalue weighted by molar-refractivity contribution is 5.90. The second kappa shape index (κ2) is 6.79. The third kappa shape index (κ3) is 3.37. The highest BCUT2D eigenvalue weighted by atomic mass is 16.2. The summed E-state index contributed by atoms with van der Waals surface area (Å²) in [7, 11) is 0. The maximum atomic E-state index is 12.8. The van der Waals surface area contributed by atoms with Crippen LogP contribution in [0.5, 0.6) is 0 Å². The Balaban J connectivity index is 1.56. The molecular formula is C18H26N4O2. The molecule has 0 bridgehead atoms. The molecule has 0 saturated carbocycles. The van der Waals surface area contributed by atoms with Gasteiger partial charge in [0.05, 0.1) is 6.20 Å². The molecule has 1 aromatic rings. The molecule has 0 aromatic carbocycles. The highest BCUT2D eigenvalue weighted by Crippen LogP contribution is 2.32. The van der Waals surface area contributed by atoms with Crippen molar-refractivity contribution in [1.29, 1.82) is 0 Å². The minimum atomic E-state index is -0.489. The second-order valence-electron chi connectivity index (χ2n) is 7.15. The highest BCUT2D eigenvalue weighted by Gasteiger charge is 2.31. The fourth-order valence-corrected chi connectivity index (χ4v) is 3.76. The molecule has 0 radical (unpaired) electrons. The van der Waals surface area contributed by atoms with Gasteiger partial charge in [0.2, 0.25) is 5.91 Å². The fraction of sp³-hybridized carbons (Fsp3) is 0.611. The van der Waals surface area contributed by atoms with E-state index >= 15 is 0 Å². The number of aromatic nitrogens is 2. The van der Waals surface area contributed by atoms with E-state index in [0.29, 0.717) is 11.6 Å². The van der Waals surface area contributed by atoms with E-state index in [1.807, 2.05) is 4.90 Å². The number of nitrogens with zero attached hydrogens (tertiary/aromatic N) is 2. The first-order chi connectivity index (χ1) is 11.5. The maximum absolute atomic E-state index is 12.8. The molecule has 2 aliphatic rings. The van der Waals surface area contributed by atoms with Gasteiger partial charge in [-0.05, 0) is 46.0 Å². The van der Waals surface area contributed by atoms with Crippen molar-refractivity contribution in [2.24, 2.45) is 11.7 Å². The lowest BCUT2D eigenvalue weighted by Gasteiger charge is -2.35. The third-order valence-corrected chi connectivity index (χ3v) is 5.55. The van der Waals surface area contributed by atoms with Crippen LogP contribution >= 0.6 is 0 Å². The largest absolute Gasteiger partial charge is 0.364 e. The van der Waals surface area contributed by atoms with Gasteiger partial charge in [-0.3, -0.25) is 9.59 Å². The number of hydrogen-bond acceptors (Lipinski definition) is 3. The van der Waals surface area contributed by atoms with Gasteiger partial charge in [-0.1, -0.05) is 11.1 Å². The van der Waals surface area contributed by atoms with Crippen LogP contribution in [0, 0.1) is 5.92 Å². The van der Waals surface area contributed by atoms with Gasteiger partial charge in [0.25, 0.3) is 5.91 Å². The van der Waals surface area contributed by atoms with Crippen molar-refractivity contribution in [1.82, 2.24) is 14.9 Å². The number of imidazole rings is 1. The molecule has 1 atom stereocenters. The molecule has 3 rings (SSSR count). The molecule has 24 heavy (non-hydrogen) atoms. The average molecular weight is 330 g/mol. The van der Waals surface area contributed by atoms with E-state index in [-0.39, 0.29) is 11.8 Å². The lowest BCUT2D eigenvalue weighted by Crippen LogP contribution is -2.42. The third-order valence-electron chi connectivity index (χ3n) is 5.55. The second-order valence-corrected chi connectivity index (χ2v) is 7.15. The summed E-state index contributed by atoms with van der Waals surface area (Å²) in [6, 6.07) is 0. The first kappa shape index (κ1) is 16.7. The first-order valence-electron chi connectivity index (χ1n) is 8.74. The molecule has 0 spiro atoms. The van der Waals surface area contributed by atoms with Crippen molar-refractivity contribution < 1.29 is 9.59 Å². The molecule has 2 heterocycles. The Bertz CT molecular complexity index is 668. The van der Waals surface area contributed by atoms with Crippen LogP contribution in [0.4, 0.5) is 0 Å². The zero-order valence-electron chi connectivity index (χ0n) is 14.5. The number of carbonyl (C=O) groups is 2. The summed E-state index contributed by atoms with van der Waals surface area (Å²) >= 11 is 0. The van der Waals surface area contributed by atoms with Gasteiger partial charge in [0.15, 0.2) is 0 Å². The number of H-pyrrole nitrogens is 1. The molecule has 1 aromatic heterocycles. The van der Waals surface area contributed by atoms with Gasteiger partial charge in [-0.25, -0.2) is 4.98 Å². The lowest BCUT2D eigenvalue weighted by atomic mass is 9.83. The van der Waals surface area contributed by atoms with Crippen molar-refractivity contribution in [3.05, 3.63) is 28.9 Å². The first-order valence-corrected chi connectivity index (χ1v) is 8.74. The number of carbonyl (C=O) groups excluding carboxylic acids is 2. The summed E-state index contributed by atoms with van der Waals surface area (Å²) in [4.78, 5) is 33.2. The number of likely N-dealkylation sites (tertiary alicyclic amines) is 1. The van der Waals surface area contributed by atoms with Crippen LogP contribution < -0.4 is 5.73 Å². The predicted octanol–water partition coefficient (Wildman–Crippen LogP) is 2.35. The summed E-state index contributed by atoms with van der Waals surface area (Å²) in [6.07, 6.45) is 6.17. The number of allylic oxidation sites excluding steroid dienone is 2. The van der Waals surface area contributed by atoms with Crippen molar-refractivity contribution in [3.63, 3.8) is 0 Å². The van der Waals surface area contributed by atoms with E-state index in [1.165, 1.54) is 17.3 Å². The van der Waals surface area contributed by atoms with E-state index in [9.17, 15) is 9.59 Å². The lowest BCUT2D eigenvalue weighted by molar-refractivity contribution is -0.137. The Morgan fingerprint density at radius 3 is 2.50 bits per heavy atom. The predicted molar refractivity (Wildman–Crippen MR) is 91.4 cm³/mol. The Morgan fingerprint density at radius 1 is 1.21 bits per heavy atom. The van der Waals surface area contributed by atoms with Crippen molar-refractivity contribution >= 4 is 11.8 Å². The maximum Gasteiger partial charge on any atom is 0.266 e.